The van der Waals surface area contributed by atoms with Crippen LogP contribution in [0.3, 0.4) is 0 Å². The molecule has 4 nitrogen and oxygen atoms in total. The van der Waals surface area contributed by atoms with Crippen LogP contribution < -0.4 is 5.69 Å². The van der Waals surface area contributed by atoms with Crippen molar-refractivity contribution in [2.75, 3.05) is 6.26 Å². The minimum absolute atomic E-state index is 0.249. The van der Waals surface area contributed by atoms with Crippen LogP contribution in [0.25, 0.3) is 5.69 Å². The van der Waals surface area contributed by atoms with Crippen molar-refractivity contribution in [3.63, 3.8) is 0 Å². The van der Waals surface area contributed by atoms with Gasteiger partial charge in [0.25, 0.3) is 0 Å². The number of aromatic amines is 2. The molecule has 0 radical (unpaired) electrons. The fourth-order valence-corrected chi connectivity index (χ4v) is 2.16. The van der Waals surface area contributed by atoms with Crippen LogP contribution in [0.5, 0.6) is 0 Å². The Bertz CT molecular complexity index is 554. The van der Waals surface area contributed by atoms with Crippen LogP contribution >= 0.6 is 24.0 Å². The smallest absolute Gasteiger partial charge is 0.272 e. The highest BCUT2D eigenvalue weighted by molar-refractivity contribution is 7.98. The molecule has 6 heteroatoms. The molecule has 0 atom stereocenters. The second kappa shape index (κ2) is 4.08. The molecule has 0 aliphatic carbocycles. The van der Waals surface area contributed by atoms with Crippen LogP contribution in [0.1, 0.15) is 0 Å². The molecule has 78 valence electrons. The second-order valence-electron chi connectivity index (χ2n) is 2.87. The van der Waals surface area contributed by atoms with Crippen LogP contribution in [0.4, 0.5) is 0 Å². The van der Waals surface area contributed by atoms with Gasteiger partial charge in [0.05, 0.1) is 5.69 Å². The van der Waals surface area contributed by atoms with E-state index in [-0.39, 0.29) is 5.69 Å². The molecule has 0 unspecified atom stereocenters. The van der Waals surface area contributed by atoms with Gasteiger partial charge in [0.2, 0.25) is 4.77 Å². The Morgan fingerprint density at radius 2 is 2.07 bits per heavy atom. The van der Waals surface area contributed by atoms with Crippen LogP contribution in [-0.2, 0) is 0 Å². The first-order valence-corrected chi connectivity index (χ1v) is 5.90. The van der Waals surface area contributed by atoms with Gasteiger partial charge in [0.15, 0.2) is 0 Å². The molecule has 0 aliphatic heterocycles. The van der Waals surface area contributed by atoms with E-state index in [0.717, 1.165) is 10.6 Å². The lowest BCUT2D eigenvalue weighted by molar-refractivity contribution is 0.952. The van der Waals surface area contributed by atoms with E-state index < -0.39 is 0 Å². The highest BCUT2D eigenvalue weighted by Crippen LogP contribution is 2.22. The maximum atomic E-state index is 11.5. The number of rotatable bonds is 2. The zero-order valence-electron chi connectivity index (χ0n) is 7.98. The maximum absolute atomic E-state index is 11.5. The van der Waals surface area contributed by atoms with E-state index in [2.05, 4.69) is 10.2 Å². The molecule has 2 N–H and O–H groups in total. The average Bonchev–Trinajstić information content (AvgIpc) is 2.59. The van der Waals surface area contributed by atoms with E-state index in [0.29, 0.717) is 4.77 Å². The number of nitrogens with zero attached hydrogens (tertiary/aromatic N) is 1. The number of benzene rings is 1. The molecule has 0 aliphatic rings. The van der Waals surface area contributed by atoms with Gasteiger partial charge in [-0.25, -0.2) is 14.5 Å². The van der Waals surface area contributed by atoms with Crippen molar-refractivity contribution in [2.24, 2.45) is 0 Å². The number of aromatic nitrogens is 3. The molecular formula is C9H9N3OS2. The molecule has 0 bridgehead atoms. The van der Waals surface area contributed by atoms with E-state index in [4.69, 9.17) is 12.2 Å². The molecule has 0 fully saturated rings. The lowest BCUT2D eigenvalue weighted by Crippen LogP contribution is -2.15. The van der Waals surface area contributed by atoms with Gasteiger partial charge in [0.1, 0.15) is 0 Å². The SMILES string of the molecule is CSc1ccccc1-n1c(=O)[nH][nH]c1=S. The first-order chi connectivity index (χ1) is 7.24. The predicted molar refractivity (Wildman–Crippen MR) is 63.4 cm³/mol. The summed E-state index contributed by atoms with van der Waals surface area (Å²) in [6.07, 6.45) is 1.96. The third-order valence-electron chi connectivity index (χ3n) is 2.01. The third kappa shape index (κ3) is 1.78. The average molecular weight is 239 g/mol. The Labute approximate surface area is 95.3 Å². The maximum Gasteiger partial charge on any atom is 0.347 e. The van der Waals surface area contributed by atoms with Crippen LogP contribution in [0.2, 0.25) is 0 Å². The van der Waals surface area contributed by atoms with Gasteiger partial charge in [-0.15, -0.1) is 11.8 Å². The Balaban J connectivity index is 2.74. The van der Waals surface area contributed by atoms with Crippen molar-refractivity contribution in [3.8, 4) is 5.69 Å². The van der Waals surface area contributed by atoms with E-state index in [1.54, 1.807) is 11.8 Å². The summed E-state index contributed by atoms with van der Waals surface area (Å²) in [4.78, 5) is 12.5. The van der Waals surface area contributed by atoms with Gasteiger partial charge in [-0.2, -0.15) is 0 Å². The first-order valence-electron chi connectivity index (χ1n) is 4.27. The first kappa shape index (κ1) is 10.3. The van der Waals surface area contributed by atoms with Gasteiger partial charge in [-0.05, 0) is 30.6 Å². The molecule has 1 heterocycles. The fourth-order valence-electron chi connectivity index (χ4n) is 1.34. The normalized spacial score (nSPS) is 10.5. The number of hydrogen-bond acceptors (Lipinski definition) is 3. The Morgan fingerprint density at radius 3 is 2.67 bits per heavy atom. The van der Waals surface area contributed by atoms with Crippen molar-refractivity contribution < 1.29 is 0 Å². The van der Waals surface area contributed by atoms with Crippen molar-refractivity contribution in [3.05, 3.63) is 39.5 Å². The quantitative estimate of drug-likeness (QED) is 0.622. The molecule has 2 rings (SSSR count). The summed E-state index contributed by atoms with van der Waals surface area (Å²) >= 11 is 6.61. The van der Waals surface area contributed by atoms with Gasteiger partial charge in [0, 0.05) is 4.90 Å². The highest BCUT2D eigenvalue weighted by Gasteiger charge is 2.07. The summed E-state index contributed by atoms with van der Waals surface area (Å²) < 4.78 is 1.82. The Kier molecular flexibility index (Phi) is 2.79. The highest BCUT2D eigenvalue weighted by atomic mass is 32.2. The van der Waals surface area contributed by atoms with Gasteiger partial charge >= 0.3 is 5.69 Å². The van der Waals surface area contributed by atoms with Crippen molar-refractivity contribution in [2.45, 2.75) is 4.90 Å². The number of thioether (sulfide) groups is 1. The topological polar surface area (TPSA) is 53.6 Å². The van der Waals surface area contributed by atoms with Crippen molar-refractivity contribution in [1.82, 2.24) is 14.8 Å². The predicted octanol–water partition coefficient (Wildman–Crippen LogP) is 1.95. The lowest BCUT2D eigenvalue weighted by Gasteiger charge is -2.05. The summed E-state index contributed by atoms with van der Waals surface area (Å²) in [5.74, 6) is 0. The number of para-hydroxylation sites is 1. The monoisotopic (exact) mass is 239 g/mol. The summed E-state index contributed by atoms with van der Waals surface area (Å²) in [5, 5.41) is 5.07. The number of hydrogen-bond donors (Lipinski definition) is 2. The largest absolute Gasteiger partial charge is 0.347 e. The molecule has 15 heavy (non-hydrogen) atoms. The number of nitrogens with one attached hydrogen (secondary N) is 2. The van der Waals surface area contributed by atoms with E-state index >= 15 is 0 Å². The molecule has 1 aromatic heterocycles. The summed E-state index contributed by atoms with van der Waals surface area (Å²) in [7, 11) is 0. The minimum atomic E-state index is -0.249. The molecular weight excluding hydrogens is 230 g/mol. The van der Waals surface area contributed by atoms with E-state index in [1.165, 1.54) is 4.57 Å². The molecule has 0 saturated heterocycles. The van der Waals surface area contributed by atoms with E-state index in [9.17, 15) is 4.79 Å². The summed E-state index contributed by atoms with van der Waals surface area (Å²) in [6.45, 7) is 0. The van der Waals surface area contributed by atoms with E-state index in [1.807, 2.05) is 30.5 Å². The van der Waals surface area contributed by atoms with Crippen LogP contribution in [0.15, 0.2) is 34.0 Å². The third-order valence-corrected chi connectivity index (χ3v) is 3.08. The van der Waals surface area contributed by atoms with Gasteiger partial charge in [-0.3, -0.25) is 5.10 Å². The zero-order chi connectivity index (χ0) is 10.8. The second-order valence-corrected chi connectivity index (χ2v) is 4.10. The van der Waals surface area contributed by atoms with Crippen LogP contribution in [-0.4, -0.2) is 21.0 Å². The molecule has 0 spiro atoms. The lowest BCUT2D eigenvalue weighted by atomic mass is 10.3. The van der Waals surface area contributed by atoms with Gasteiger partial charge in [-0.1, -0.05) is 12.1 Å². The van der Waals surface area contributed by atoms with Crippen molar-refractivity contribution in [1.29, 1.82) is 0 Å². The fraction of sp³-hybridized carbons (Fsp3) is 0.111. The van der Waals surface area contributed by atoms with Crippen LogP contribution in [0, 0.1) is 4.77 Å². The molecule has 1 aromatic carbocycles. The zero-order valence-corrected chi connectivity index (χ0v) is 9.61. The molecule has 0 saturated carbocycles. The Morgan fingerprint density at radius 1 is 1.33 bits per heavy atom. The number of H-pyrrole nitrogens is 2. The molecule has 2 aromatic rings. The van der Waals surface area contributed by atoms with Gasteiger partial charge < -0.3 is 0 Å². The molecule has 0 amide bonds. The van der Waals surface area contributed by atoms with Crippen molar-refractivity contribution >= 4 is 24.0 Å². The Hall–Kier alpha value is -1.27. The summed E-state index contributed by atoms with van der Waals surface area (Å²) in [5.41, 5.74) is 0.555. The minimum Gasteiger partial charge on any atom is -0.272 e. The summed E-state index contributed by atoms with van der Waals surface area (Å²) in [6, 6.07) is 7.63. The standard InChI is InChI=1S/C9H9N3OS2/c1-15-7-5-3-2-4-6(7)12-8(13)10-11-9(12)14/h2-5H,1H3,(H,10,13)(H,11,14).